The highest BCUT2D eigenvalue weighted by molar-refractivity contribution is 5.95. The normalized spacial score (nSPS) is 19.8. The van der Waals surface area contributed by atoms with Gasteiger partial charge >= 0.3 is 0 Å². The zero-order valence-electron chi connectivity index (χ0n) is 14.5. The van der Waals surface area contributed by atoms with E-state index in [1.54, 1.807) is 0 Å². The van der Waals surface area contributed by atoms with Gasteiger partial charge in [-0.05, 0) is 49.9 Å². The number of nitrogens with one attached hydrogen (secondary N) is 2. The molecule has 6 nitrogen and oxygen atoms in total. The summed E-state index contributed by atoms with van der Waals surface area (Å²) >= 11 is 0. The number of likely N-dealkylation sites (tertiary alicyclic amines) is 1. The first-order valence-electron chi connectivity index (χ1n) is 9.26. The highest BCUT2D eigenvalue weighted by atomic mass is 16.2. The Bertz CT molecular complexity index is 908. The SMILES string of the molecule is O=C(c1ccc(-c2n[nH]c(C3CC3)n2)cc1)N1CCCC1c1ccc[nH]1. The molecule has 2 aliphatic rings. The van der Waals surface area contributed by atoms with Crippen LogP contribution in [-0.2, 0) is 0 Å². The molecule has 1 aromatic carbocycles. The number of H-pyrrole nitrogens is 2. The lowest BCUT2D eigenvalue weighted by Gasteiger charge is -2.24. The molecule has 3 aromatic rings. The maximum Gasteiger partial charge on any atom is 0.254 e. The van der Waals surface area contributed by atoms with Crippen LogP contribution in [0.4, 0.5) is 0 Å². The molecular weight excluding hydrogens is 326 g/mol. The van der Waals surface area contributed by atoms with E-state index < -0.39 is 0 Å². The van der Waals surface area contributed by atoms with Gasteiger partial charge in [0.2, 0.25) is 0 Å². The molecule has 5 rings (SSSR count). The summed E-state index contributed by atoms with van der Waals surface area (Å²) in [5, 5.41) is 7.34. The largest absolute Gasteiger partial charge is 0.363 e. The average Bonchev–Trinajstić information content (AvgIpc) is 3.13. The Morgan fingerprint density at radius 3 is 2.69 bits per heavy atom. The smallest absolute Gasteiger partial charge is 0.254 e. The van der Waals surface area contributed by atoms with Gasteiger partial charge < -0.3 is 9.88 Å². The van der Waals surface area contributed by atoms with Gasteiger partial charge in [-0.25, -0.2) is 4.98 Å². The van der Waals surface area contributed by atoms with E-state index in [2.05, 4.69) is 26.2 Å². The first-order chi connectivity index (χ1) is 12.8. The van der Waals surface area contributed by atoms with Crippen LogP contribution in [0.15, 0.2) is 42.6 Å². The van der Waals surface area contributed by atoms with Gasteiger partial charge in [0.1, 0.15) is 5.82 Å². The number of amides is 1. The maximum atomic E-state index is 13.0. The molecule has 2 N–H and O–H groups in total. The van der Waals surface area contributed by atoms with Gasteiger partial charge in [-0.3, -0.25) is 9.89 Å². The summed E-state index contributed by atoms with van der Waals surface area (Å²) in [6.07, 6.45) is 6.35. The maximum absolute atomic E-state index is 13.0. The molecule has 6 heteroatoms. The van der Waals surface area contributed by atoms with Crippen molar-refractivity contribution in [2.45, 2.75) is 37.6 Å². The van der Waals surface area contributed by atoms with Crippen LogP contribution in [0.1, 0.15) is 59.5 Å². The molecular formula is C20H21N5O. The van der Waals surface area contributed by atoms with Crippen LogP contribution < -0.4 is 0 Å². The van der Waals surface area contributed by atoms with Crippen LogP contribution in [0.5, 0.6) is 0 Å². The average molecular weight is 347 g/mol. The Kier molecular flexibility index (Phi) is 3.62. The van der Waals surface area contributed by atoms with E-state index in [9.17, 15) is 4.79 Å². The molecule has 3 heterocycles. The molecule has 1 amide bonds. The molecule has 0 radical (unpaired) electrons. The van der Waals surface area contributed by atoms with Crippen molar-refractivity contribution >= 4 is 5.91 Å². The third-order valence-electron chi connectivity index (χ3n) is 5.35. The lowest BCUT2D eigenvalue weighted by atomic mass is 10.1. The van der Waals surface area contributed by atoms with Crippen LogP contribution in [-0.4, -0.2) is 37.5 Å². The fourth-order valence-electron chi connectivity index (χ4n) is 3.76. The second-order valence-corrected chi connectivity index (χ2v) is 7.18. The van der Waals surface area contributed by atoms with Gasteiger partial charge in [-0.1, -0.05) is 12.1 Å². The molecule has 0 spiro atoms. The summed E-state index contributed by atoms with van der Waals surface area (Å²) in [7, 11) is 0. The number of aromatic nitrogens is 4. The molecule has 132 valence electrons. The van der Waals surface area contributed by atoms with Crippen LogP contribution in [0, 0.1) is 0 Å². The number of rotatable bonds is 4. The quantitative estimate of drug-likeness (QED) is 0.756. The molecule has 1 saturated carbocycles. The topological polar surface area (TPSA) is 77.7 Å². The van der Waals surface area contributed by atoms with Gasteiger partial charge in [-0.2, -0.15) is 5.10 Å². The van der Waals surface area contributed by atoms with Crippen LogP contribution >= 0.6 is 0 Å². The molecule has 2 aromatic heterocycles. The molecule has 2 fully saturated rings. The van der Waals surface area contributed by atoms with Gasteiger partial charge in [0, 0.05) is 35.5 Å². The third kappa shape index (κ3) is 2.71. The first-order valence-corrected chi connectivity index (χ1v) is 9.26. The minimum atomic E-state index is 0.0855. The number of aromatic amines is 2. The molecule has 0 bridgehead atoms. The van der Waals surface area contributed by atoms with Gasteiger partial charge in [0.25, 0.3) is 5.91 Å². The van der Waals surface area contributed by atoms with E-state index in [4.69, 9.17) is 0 Å². The monoisotopic (exact) mass is 347 g/mol. The predicted molar refractivity (Wildman–Crippen MR) is 97.6 cm³/mol. The minimum Gasteiger partial charge on any atom is -0.363 e. The number of hydrogen-bond acceptors (Lipinski definition) is 3. The Labute approximate surface area is 151 Å². The number of benzene rings is 1. The van der Waals surface area contributed by atoms with Crippen molar-refractivity contribution in [3.05, 3.63) is 59.7 Å². The van der Waals surface area contributed by atoms with E-state index >= 15 is 0 Å². The molecule has 1 aliphatic heterocycles. The molecule has 1 atom stereocenters. The van der Waals surface area contributed by atoms with Gasteiger partial charge in [0.15, 0.2) is 5.82 Å². The second kappa shape index (κ2) is 6.12. The Balaban J connectivity index is 1.35. The summed E-state index contributed by atoms with van der Waals surface area (Å²) in [4.78, 5) is 22.8. The number of hydrogen-bond donors (Lipinski definition) is 2. The lowest BCUT2D eigenvalue weighted by molar-refractivity contribution is 0.0733. The van der Waals surface area contributed by atoms with Crippen molar-refractivity contribution in [3.8, 4) is 11.4 Å². The summed E-state index contributed by atoms with van der Waals surface area (Å²) in [5.74, 6) is 2.32. The second-order valence-electron chi connectivity index (χ2n) is 7.18. The fraction of sp³-hybridized carbons (Fsp3) is 0.350. The van der Waals surface area contributed by atoms with Crippen molar-refractivity contribution in [1.82, 2.24) is 25.1 Å². The number of nitrogens with zero attached hydrogens (tertiary/aromatic N) is 3. The van der Waals surface area contributed by atoms with E-state index in [1.165, 1.54) is 12.8 Å². The van der Waals surface area contributed by atoms with Crippen molar-refractivity contribution in [1.29, 1.82) is 0 Å². The molecule has 1 saturated heterocycles. The van der Waals surface area contributed by atoms with Crippen molar-refractivity contribution < 1.29 is 4.79 Å². The zero-order valence-corrected chi connectivity index (χ0v) is 14.5. The summed E-state index contributed by atoms with van der Waals surface area (Å²) in [6.45, 7) is 0.802. The van der Waals surface area contributed by atoms with Gasteiger partial charge in [0.05, 0.1) is 6.04 Å². The van der Waals surface area contributed by atoms with Crippen molar-refractivity contribution in [2.24, 2.45) is 0 Å². The fourth-order valence-corrected chi connectivity index (χ4v) is 3.76. The summed E-state index contributed by atoms with van der Waals surface area (Å²) in [6, 6.07) is 11.8. The Morgan fingerprint density at radius 2 is 1.96 bits per heavy atom. The van der Waals surface area contributed by atoms with E-state index in [-0.39, 0.29) is 11.9 Å². The Hall–Kier alpha value is -2.89. The molecule has 1 aliphatic carbocycles. The highest BCUT2D eigenvalue weighted by Gasteiger charge is 2.31. The number of carbonyl (C=O) groups excluding carboxylic acids is 1. The van der Waals surface area contributed by atoms with Crippen LogP contribution in [0.25, 0.3) is 11.4 Å². The molecule has 26 heavy (non-hydrogen) atoms. The lowest BCUT2D eigenvalue weighted by Crippen LogP contribution is -2.30. The predicted octanol–water partition coefficient (Wildman–Crippen LogP) is 3.65. The standard InChI is InChI=1S/C20H21N5O/c26-20(25-12-2-4-17(25)16-3-1-11-21-16)15-9-7-14(8-10-15)19-22-18(23-24-19)13-5-6-13/h1,3,7-11,13,17,21H,2,4-6,12H2,(H,22,23,24). The summed E-state index contributed by atoms with van der Waals surface area (Å²) < 4.78 is 0. The van der Waals surface area contributed by atoms with Crippen molar-refractivity contribution in [2.75, 3.05) is 6.54 Å². The van der Waals surface area contributed by atoms with E-state index in [1.807, 2.05) is 41.4 Å². The third-order valence-corrected chi connectivity index (χ3v) is 5.35. The Morgan fingerprint density at radius 1 is 1.12 bits per heavy atom. The van der Waals surface area contributed by atoms with Crippen molar-refractivity contribution in [3.63, 3.8) is 0 Å². The van der Waals surface area contributed by atoms with E-state index in [0.717, 1.165) is 36.5 Å². The van der Waals surface area contributed by atoms with E-state index in [0.29, 0.717) is 17.3 Å². The zero-order chi connectivity index (χ0) is 17.5. The van der Waals surface area contributed by atoms with Crippen LogP contribution in [0.3, 0.4) is 0 Å². The highest BCUT2D eigenvalue weighted by Crippen LogP contribution is 2.38. The minimum absolute atomic E-state index is 0.0855. The molecule has 1 unspecified atom stereocenters. The first kappa shape index (κ1) is 15.4. The summed E-state index contributed by atoms with van der Waals surface area (Å²) in [5.41, 5.74) is 2.76. The van der Waals surface area contributed by atoms with Gasteiger partial charge in [-0.15, -0.1) is 0 Å². The van der Waals surface area contributed by atoms with Crippen LogP contribution in [0.2, 0.25) is 0 Å². The number of carbonyl (C=O) groups is 1.